The second kappa shape index (κ2) is 3.94. The summed E-state index contributed by atoms with van der Waals surface area (Å²) in [6.07, 6.45) is 0. The van der Waals surface area contributed by atoms with Gasteiger partial charge in [-0.2, -0.15) is 0 Å². The lowest BCUT2D eigenvalue weighted by atomic mass is 9.96. The molecule has 1 rings (SSSR count). The fourth-order valence-electron chi connectivity index (χ4n) is 1.15. The van der Waals surface area contributed by atoms with Crippen LogP contribution in [0.1, 0.15) is 12.5 Å². The molecule has 15 heavy (non-hydrogen) atoms. The van der Waals surface area contributed by atoms with E-state index in [1.807, 2.05) is 0 Å². The lowest BCUT2D eigenvalue weighted by molar-refractivity contribution is -0.161. The Kier molecular flexibility index (Phi) is 3.04. The van der Waals surface area contributed by atoms with Crippen molar-refractivity contribution in [3.63, 3.8) is 0 Å². The van der Waals surface area contributed by atoms with E-state index in [1.54, 1.807) is 0 Å². The van der Waals surface area contributed by atoms with Crippen LogP contribution in [0.2, 0.25) is 0 Å². The Hall–Kier alpha value is -1.49. The summed E-state index contributed by atoms with van der Waals surface area (Å²) in [6, 6.07) is 2.40. The minimum Gasteiger partial charge on any atom is -0.467 e. The Bertz CT molecular complexity index is 368. The Morgan fingerprint density at radius 3 is 2.20 bits per heavy atom. The van der Waals surface area contributed by atoms with Crippen molar-refractivity contribution in [2.75, 3.05) is 7.11 Å². The SMILES string of the molecule is COC(=O)C(C)(O)c1cc(F)cc(F)c1. The largest absolute Gasteiger partial charge is 0.467 e. The number of esters is 1. The molecule has 0 aliphatic carbocycles. The molecule has 82 valence electrons. The highest BCUT2D eigenvalue weighted by Crippen LogP contribution is 2.23. The number of hydrogen-bond donors (Lipinski definition) is 1. The van der Waals surface area contributed by atoms with E-state index < -0.39 is 23.2 Å². The highest BCUT2D eigenvalue weighted by Gasteiger charge is 2.34. The Morgan fingerprint density at radius 2 is 1.80 bits per heavy atom. The molecule has 0 aliphatic heterocycles. The Balaban J connectivity index is 3.20. The van der Waals surface area contributed by atoms with Crippen molar-refractivity contribution in [2.45, 2.75) is 12.5 Å². The Labute approximate surface area is 85.3 Å². The third-order valence-electron chi connectivity index (χ3n) is 2.01. The van der Waals surface area contributed by atoms with Gasteiger partial charge in [-0.15, -0.1) is 0 Å². The second-order valence-electron chi connectivity index (χ2n) is 3.22. The average molecular weight is 216 g/mol. The normalized spacial score (nSPS) is 14.5. The standard InChI is InChI=1S/C10H10F2O3/c1-10(14,9(13)15-2)6-3-7(11)5-8(12)4-6/h3-5,14H,1-2H3. The second-order valence-corrected chi connectivity index (χ2v) is 3.22. The molecule has 1 aromatic carbocycles. The number of aliphatic hydroxyl groups is 1. The zero-order chi connectivity index (χ0) is 11.6. The van der Waals surface area contributed by atoms with E-state index in [4.69, 9.17) is 0 Å². The summed E-state index contributed by atoms with van der Waals surface area (Å²) in [6.45, 7) is 1.10. The Morgan fingerprint density at radius 1 is 1.33 bits per heavy atom. The van der Waals surface area contributed by atoms with Crippen LogP contribution < -0.4 is 0 Å². The molecule has 0 bridgehead atoms. The third kappa shape index (κ3) is 2.30. The summed E-state index contributed by atoms with van der Waals surface area (Å²) in [5.74, 6) is -2.71. The summed E-state index contributed by atoms with van der Waals surface area (Å²) in [7, 11) is 1.08. The van der Waals surface area contributed by atoms with E-state index in [0.717, 1.165) is 26.2 Å². The molecule has 0 amide bonds. The van der Waals surface area contributed by atoms with Gasteiger partial charge in [0.2, 0.25) is 0 Å². The van der Waals surface area contributed by atoms with Crippen molar-refractivity contribution in [3.8, 4) is 0 Å². The quantitative estimate of drug-likeness (QED) is 0.759. The monoisotopic (exact) mass is 216 g/mol. The molecule has 3 nitrogen and oxygen atoms in total. The molecule has 0 aliphatic rings. The maximum Gasteiger partial charge on any atom is 0.342 e. The van der Waals surface area contributed by atoms with Gasteiger partial charge in [-0.25, -0.2) is 13.6 Å². The van der Waals surface area contributed by atoms with Gasteiger partial charge in [0.25, 0.3) is 0 Å². The van der Waals surface area contributed by atoms with Gasteiger partial charge in [0.15, 0.2) is 5.60 Å². The van der Waals surface area contributed by atoms with Crippen molar-refractivity contribution in [2.24, 2.45) is 0 Å². The summed E-state index contributed by atoms with van der Waals surface area (Å²) < 4.78 is 30.0. The molecule has 5 heteroatoms. The molecule has 1 atom stereocenters. The number of benzene rings is 1. The van der Waals surface area contributed by atoms with Gasteiger partial charge in [-0.05, 0) is 19.1 Å². The van der Waals surface area contributed by atoms with Gasteiger partial charge >= 0.3 is 5.97 Å². The minimum atomic E-state index is -2.06. The summed E-state index contributed by atoms with van der Waals surface area (Å²) in [4.78, 5) is 11.1. The first-order chi connectivity index (χ1) is 6.87. The molecule has 0 saturated carbocycles. The fraction of sp³-hybridized carbons (Fsp3) is 0.300. The minimum absolute atomic E-state index is 0.188. The summed E-state index contributed by atoms with van der Waals surface area (Å²) in [5.41, 5.74) is -2.25. The van der Waals surface area contributed by atoms with Crippen molar-refractivity contribution in [1.29, 1.82) is 0 Å². The van der Waals surface area contributed by atoms with Crippen molar-refractivity contribution >= 4 is 5.97 Å². The van der Waals surface area contributed by atoms with E-state index in [0.29, 0.717) is 6.07 Å². The number of halogens is 2. The van der Waals surface area contributed by atoms with Crippen LogP contribution in [0.15, 0.2) is 18.2 Å². The van der Waals surface area contributed by atoms with Crippen LogP contribution >= 0.6 is 0 Å². The van der Waals surface area contributed by atoms with Gasteiger partial charge < -0.3 is 9.84 Å². The van der Waals surface area contributed by atoms with Crippen LogP contribution in [0.3, 0.4) is 0 Å². The molecule has 0 aromatic heterocycles. The number of carbonyl (C=O) groups is 1. The van der Waals surface area contributed by atoms with Crippen LogP contribution in [-0.4, -0.2) is 18.2 Å². The molecule has 0 heterocycles. The molecule has 0 spiro atoms. The topological polar surface area (TPSA) is 46.5 Å². The molecule has 0 fully saturated rings. The first-order valence-electron chi connectivity index (χ1n) is 4.15. The zero-order valence-electron chi connectivity index (χ0n) is 8.25. The van der Waals surface area contributed by atoms with E-state index in [2.05, 4.69) is 4.74 Å². The van der Waals surface area contributed by atoms with Gasteiger partial charge in [0, 0.05) is 11.6 Å². The number of hydrogen-bond acceptors (Lipinski definition) is 3. The van der Waals surface area contributed by atoms with Crippen LogP contribution in [-0.2, 0) is 15.1 Å². The van der Waals surface area contributed by atoms with Crippen LogP contribution in [0.5, 0.6) is 0 Å². The summed E-state index contributed by atoms with van der Waals surface area (Å²) in [5, 5.41) is 9.70. The van der Waals surface area contributed by atoms with Gasteiger partial charge in [0.1, 0.15) is 11.6 Å². The lowest BCUT2D eigenvalue weighted by Crippen LogP contribution is -2.33. The van der Waals surface area contributed by atoms with Crippen molar-refractivity contribution < 1.29 is 23.4 Å². The van der Waals surface area contributed by atoms with E-state index in [-0.39, 0.29) is 5.56 Å². The fourth-order valence-corrected chi connectivity index (χ4v) is 1.15. The first kappa shape index (κ1) is 11.6. The molecule has 0 radical (unpaired) electrons. The average Bonchev–Trinajstić information content (AvgIpc) is 2.15. The van der Waals surface area contributed by atoms with Gasteiger partial charge in [-0.1, -0.05) is 0 Å². The van der Waals surface area contributed by atoms with E-state index in [1.165, 1.54) is 0 Å². The van der Waals surface area contributed by atoms with E-state index in [9.17, 15) is 18.7 Å². The molecular formula is C10H10F2O3. The molecule has 1 aromatic rings. The number of ether oxygens (including phenoxy) is 1. The van der Waals surface area contributed by atoms with Crippen molar-refractivity contribution in [1.82, 2.24) is 0 Å². The van der Waals surface area contributed by atoms with Crippen LogP contribution in [0, 0.1) is 11.6 Å². The van der Waals surface area contributed by atoms with Gasteiger partial charge in [-0.3, -0.25) is 0 Å². The molecule has 1 N–H and O–H groups in total. The first-order valence-corrected chi connectivity index (χ1v) is 4.15. The van der Waals surface area contributed by atoms with Crippen LogP contribution in [0.4, 0.5) is 8.78 Å². The maximum atomic E-state index is 12.8. The van der Waals surface area contributed by atoms with E-state index >= 15 is 0 Å². The van der Waals surface area contributed by atoms with Crippen LogP contribution in [0.25, 0.3) is 0 Å². The predicted octanol–water partition coefficient (Wildman–Crippen LogP) is 1.35. The highest BCUT2D eigenvalue weighted by atomic mass is 19.1. The summed E-state index contributed by atoms with van der Waals surface area (Å²) >= 11 is 0. The lowest BCUT2D eigenvalue weighted by Gasteiger charge is -2.20. The molecular weight excluding hydrogens is 206 g/mol. The molecule has 0 saturated heterocycles. The van der Waals surface area contributed by atoms with Gasteiger partial charge in [0.05, 0.1) is 7.11 Å². The highest BCUT2D eigenvalue weighted by molar-refractivity contribution is 5.80. The number of methoxy groups -OCH3 is 1. The maximum absolute atomic E-state index is 12.8. The van der Waals surface area contributed by atoms with Crippen molar-refractivity contribution in [3.05, 3.63) is 35.4 Å². The zero-order valence-corrected chi connectivity index (χ0v) is 8.25. The molecule has 1 unspecified atom stereocenters. The number of carbonyl (C=O) groups excluding carboxylic acids is 1. The number of rotatable bonds is 2. The third-order valence-corrected chi connectivity index (χ3v) is 2.01. The predicted molar refractivity (Wildman–Crippen MR) is 47.9 cm³/mol. The smallest absolute Gasteiger partial charge is 0.342 e.